The van der Waals surface area contributed by atoms with E-state index in [4.69, 9.17) is 17.3 Å². The highest BCUT2D eigenvalue weighted by molar-refractivity contribution is 7.13. The Labute approximate surface area is 138 Å². The summed E-state index contributed by atoms with van der Waals surface area (Å²) in [6.45, 7) is 2.23. The molecule has 0 unspecified atom stereocenters. The van der Waals surface area contributed by atoms with Crippen LogP contribution in [0, 0.1) is 5.92 Å². The zero-order valence-corrected chi connectivity index (χ0v) is 13.7. The van der Waals surface area contributed by atoms with Crippen molar-refractivity contribution in [3.63, 3.8) is 0 Å². The molecule has 1 aliphatic heterocycles. The average Bonchev–Trinajstić information content (AvgIpc) is 3.16. The summed E-state index contributed by atoms with van der Waals surface area (Å²) in [6, 6.07) is 7.62. The van der Waals surface area contributed by atoms with Crippen molar-refractivity contribution in [2.75, 3.05) is 19.6 Å². The molecule has 6 heteroatoms. The quantitative estimate of drug-likeness (QED) is 0.934. The number of aromatic nitrogens is 1. The number of halogens is 1. The second-order valence-electron chi connectivity index (χ2n) is 5.53. The largest absolute Gasteiger partial charge is 0.342 e. The van der Waals surface area contributed by atoms with Crippen LogP contribution in [0.3, 0.4) is 0 Å². The lowest BCUT2D eigenvalue weighted by molar-refractivity contribution is -0.129. The maximum Gasteiger partial charge on any atom is 0.228 e. The minimum absolute atomic E-state index is 0.131. The lowest BCUT2D eigenvalue weighted by atomic mass is 10.1. The number of amides is 1. The van der Waals surface area contributed by atoms with Crippen LogP contribution in [0.1, 0.15) is 12.1 Å². The van der Waals surface area contributed by atoms with Crippen LogP contribution >= 0.6 is 22.9 Å². The fourth-order valence-electron chi connectivity index (χ4n) is 2.66. The molecule has 1 fully saturated rings. The first-order valence-corrected chi connectivity index (χ1v) is 8.60. The van der Waals surface area contributed by atoms with Crippen LogP contribution in [-0.2, 0) is 11.2 Å². The zero-order chi connectivity index (χ0) is 15.5. The average molecular weight is 336 g/mol. The lowest BCUT2D eigenvalue weighted by Crippen LogP contribution is -2.31. The fourth-order valence-corrected chi connectivity index (χ4v) is 3.80. The second kappa shape index (κ2) is 6.77. The Morgan fingerprint density at radius 1 is 1.45 bits per heavy atom. The maximum absolute atomic E-state index is 12.3. The topological polar surface area (TPSA) is 59.2 Å². The first-order chi connectivity index (χ1) is 10.7. The smallest absolute Gasteiger partial charge is 0.228 e. The summed E-state index contributed by atoms with van der Waals surface area (Å²) in [6.07, 6.45) is 1.35. The molecule has 2 N–H and O–H groups in total. The lowest BCUT2D eigenvalue weighted by Gasteiger charge is -2.15. The van der Waals surface area contributed by atoms with Crippen molar-refractivity contribution in [1.29, 1.82) is 0 Å². The number of thiazole rings is 1. The summed E-state index contributed by atoms with van der Waals surface area (Å²) in [4.78, 5) is 18.8. The minimum atomic E-state index is 0.131. The molecule has 0 saturated carbocycles. The Bertz CT molecular complexity index is 673. The van der Waals surface area contributed by atoms with E-state index in [1.165, 1.54) is 11.3 Å². The summed E-state index contributed by atoms with van der Waals surface area (Å²) in [5.74, 6) is 0.574. The molecule has 2 aromatic rings. The van der Waals surface area contributed by atoms with Gasteiger partial charge in [-0.05, 0) is 24.9 Å². The van der Waals surface area contributed by atoms with E-state index in [2.05, 4.69) is 4.98 Å². The van der Waals surface area contributed by atoms with Gasteiger partial charge in [0.05, 0.1) is 17.1 Å². The van der Waals surface area contributed by atoms with Crippen molar-refractivity contribution in [3.05, 3.63) is 40.4 Å². The molecule has 0 spiro atoms. The number of benzene rings is 1. The first kappa shape index (κ1) is 15.5. The third-order valence-corrected chi connectivity index (χ3v) is 5.21. The summed E-state index contributed by atoms with van der Waals surface area (Å²) in [5, 5.41) is 3.47. The Hall–Kier alpha value is -1.43. The molecule has 116 valence electrons. The molecule has 1 aliphatic rings. The van der Waals surface area contributed by atoms with E-state index in [-0.39, 0.29) is 5.91 Å². The molecule has 0 radical (unpaired) electrons. The van der Waals surface area contributed by atoms with E-state index in [0.717, 1.165) is 35.8 Å². The molecule has 1 aromatic carbocycles. The van der Waals surface area contributed by atoms with Crippen LogP contribution < -0.4 is 5.73 Å². The van der Waals surface area contributed by atoms with Crippen molar-refractivity contribution < 1.29 is 4.79 Å². The number of hydrogen-bond acceptors (Lipinski definition) is 4. The molecule has 1 aromatic heterocycles. The molecule has 4 nitrogen and oxygen atoms in total. The van der Waals surface area contributed by atoms with Crippen molar-refractivity contribution in [2.24, 2.45) is 11.7 Å². The van der Waals surface area contributed by atoms with Crippen molar-refractivity contribution in [1.82, 2.24) is 9.88 Å². The Balaban J connectivity index is 1.67. The van der Waals surface area contributed by atoms with Gasteiger partial charge < -0.3 is 10.6 Å². The van der Waals surface area contributed by atoms with Gasteiger partial charge in [0.2, 0.25) is 5.91 Å². The molecular weight excluding hydrogens is 318 g/mol. The summed E-state index contributed by atoms with van der Waals surface area (Å²) < 4.78 is 0. The van der Waals surface area contributed by atoms with E-state index in [1.807, 2.05) is 34.5 Å². The van der Waals surface area contributed by atoms with Crippen LogP contribution in [0.25, 0.3) is 10.6 Å². The predicted molar refractivity (Wildman–Crippen MR) is 90.0 cm³/mol. The van der Waals surface area contributed by atoms with Gasteiger partial charge in [-0.3, -0.25) is 4.79 Å². The Kier molecular flexibility index (Phi) is 4.76. The van der Waals surface area contributed by atoms with Crippen LogP contribution in [0.15, 0.2) is 29.6 Å². The van der Waals surface area contributed by atoms with Gasteiger partial charge in [0.15, 0.2) is 0 Å². The number of likely N-dealkylation sites (tertiary alicyclic amines) is 1. The number of nitrogens with zero attached hydrogens (tertiary/aromatic N) is 2. The molecule has 1 atom stereocenters. The first-order valence-electron chi connectivity index (χ1n) is 7.34. The number of carbonyl (C=O) groups excluding carboxylic acids is 1. The highest BCUT2D eigenvalue weighted by Gasteiger charge is 2.25. The number of hydrogen-bond donors (Lipinski definition) is 1. The van der Waals surface area contributed by atoms with Gasteiger partial charge in [-0.15, -0.1) is 11.3 Å². The summed E-state index contributed by atoms with van der Waals surface area (Å²) >= 11 is 7.71. The van der Waals surface area contributed by atoms with E-state index >= 15 is 0 Å². The van der Waals surface area contributed by atoms with Gasteiger partial charge in [-0.2, -0.15) is 0 Å². The molecule has 1 saturated heterocycles. The van der Waals surface area contributed by atoms with E-state index in [9.17, 15) is 4.79 Å². The van der Waals surface area contributed by atoms with E-state index in [0.29, 0.717) is 23.9 Å². The molecule has 0 aliphatic carbocycles. The van der Waals surface area contributed by atoms with Gasteiger partial charge >= 0.3 is 0 Å². The third kappa shape index (κ3) is 3.32. The summed E-state index contributed by atoms with van der Waals surface area (Å²) in [5.41, 5.74) is 7.39. The van der Waals surface area contributed by atoms with E-state index < -0.39 is 0 Å². The normalized spacial score (nSPS) is 17.9. The van der Waals surface area contributed by atoms with Crippen LogP contribution in [-0.4, -0.2) is 35.4 Å². The van der Waals surface area contributed by atoms with Crippen LogP contribution in [0.2, 0.25) is 5.02 Å². The number of carbonyl (C=O) groups is 1. The van der Waals surface area contributed by atoms with E-state index in [1.54, 1.807) is 0 Å². The predicted octanol–water partition coefficient (Wildman–Crippen LogP) is 2.81. The van der Waals surface area contributed by atoms with Crippen molar-refractivity contribution in [2.45, 2.75) is 12.8 Å². The summed E-state index contributed by atoms with van der Waals surface area (Å²) in [7, 11) is 0. The second-order valence-corrected chi connectivity index (χ2v) is 6.80. The van der Waals surface area contributed by atoms with Crippen molar-refractivity contribution in [3.8, 4) is 10.6 Å². The number of rotatable bonds is 4. The number of nitrogens with two attached hydrogens (primary N) is 1. The van der Waals surface area contributed by atoms with Gasteiger partial charge in [0.25, 0.3) is 0 Å². The molecular formula is C16H18ClN3OS. The zero-order valence-electron chi connectivity index (χ0n) is 12.2. The molecule has 22 heavy (non-hydrogen) atoms. The molecule has 2 heterocycles. The van der Waals surface area contributed by atoms with Crippen LogP contribution in [0.4, 0.5) is 0 Å². The third-order valence-electron chi connectivity index (χ3n) is 3.96. The fraction of sp³-hybridized carbons (Fsp3) is 0.375. The van der Waals surface area contributed by atoms with Gasteiger partial charge in [-0.25, -0.2) is 4.98 Å². The highest BCUT2D eigenvalue weighted by Crippen LogP contribution is 2.30. The van der Waals surface area contributed by atoms with Gasteiger partial charge in [0.1, 0.15) is 5.01 Å². The maximum atomic E-state index is 12.3. The molecule has 0 bridgehead atoms. The van der Waals surface area contributed by atoms with Crippen LogP contribution in [0.5, 0.6) is 0 Å². The van der Waals surface area contributed by atoms with Gasteiger partial charge in [-0.1, -0.05) is 29.8 Å². The molecule has 1 amide bonds. The van der Waals surface area contributed by atoms with Gasteiger partial charge in [0, 0.05) is 24.0 Å². The standard InChI is InChI=1S/C16H18ClN3OS/c17-14-4-2-1-3-13(14)16-19-12(10-22-16)7-15(21)20-6-5-11(8-18)9-20/h1-4,10-11H,5-9,18H2/t11-/m1/s1. The minimum Gasteiger partial charge on any atom is -0.342 e. The Morgan fingerprint density at radius 3 is 3.00 bits per heavy atom. The van der Waals surface area contributed by atoms with Crippen molar-refractivity contribution >= 4 is 28.8 Å². The highest BCUT2D eigenvalue weighted by atomic mass is 35.5. The Morgan fingerprint density at radius 2 is 2.27 bits per heavy atom. The SMILES string of the molecule is NC[C@H]1CCN(C(=O)Cc2csc(-c3ccccc3Cl)n2)C1. The monoisotopic (exact) mass is 335 g/mol. The molecule has 3 rings (SSSR count).